The van der Waals surface area contributed by atoms with Gasteiger partial charge in [-0.15, -0.1) is 0 Å². The van der Waals surface area contributed by atoms with Crippen LogP contribution in [0.5, 0.6) is 11.6 Å². The predicted octanol–water partition coefficient (Wildman–Crippen LogP) is 7.22. The molecule has 0 spiro atoms. The van der Waals surface area contributed by atoms with Crippen LogP contribution in [-0.4, -0.2) is 43.7 Å². The molecule has 228 valence electrons. The highest BCUT2D eigenvalue weighted by Crippen LogP contribution is 2.46. The Labute approximate surface area is 261 Å². The highest BCUT2D eigenvalue weighted by Gasteiger charge is 2.32. The number of amides is 2. The maximum Gasteiger partial charge on any atom is 0.416 e. The molecule has 1 aliphatic heterocycles. The normalized spacial score (nSPS) is 12.6. The number of fused-ring (bicyclic) bond motifs is 2. The van der Waals surface area contributed by atoms with Gasteiger partial charge in [-0.2, -0.15) is 0 Å². The van der Waals surface area contributed by atoms with E-state index >= 15 is 0 Å². The summed E-state index contributed by atoms with van der Waals surface area (Å²) in [6, 6.07) is 19.2. The first-order valence-corrected chi connectivity index (χ1v) is 14.6. The van der Waals surface area contributed by atoms with Gasteiger partial charge in [0.25, 0.3) is 0 Å². The third kappa shape index (κ3) is 5.86. The van der Waals surface area contributed by atoms with Crippen molar-refractivity contribution in [1.29, 1.82) is 0 Å². The van der Waals surface area contributed by atoms with E-state index in [0.717, 1.165) is 39.0 Å². The zero-order valence-electron chi connectivity index (χ0n) is 25.9. The summed E-state index contributed by atoms with van der Waals surface area (Å²) in [5.74, 6) is 1.33. The summed E-state index contributed by atoms with van der Waals surface area (Å²) in [7, 11) is 1.95. The van der Waals surface area contributed by atoms with Crippen LogP contribution in [0.25, 0.3) is 33.4 Å². The van der Waals surface area contributed by atoms with Gasteiger partial charge in [-0.3, -0.25) is 9.69 Å². The van der Waals surface area contributed by atoms with Crippen LogP contribution in [0.1, 0.15) is 32.0 Å². The third-order valence-corrected chi connectivity index (χ3v) is 7.46. The van der Waals surface area contributed by atoms with Gasteiger partial charge < -0.3 is 19.4 Å². The number of hydrogen-bond donors (Lipinski definition) is 1. The van der Waals surface area contributed by atoms with Gasteiger partial charge in [0.2, 0.25) is 11.8 Å². The Morgan fingerprint density at radius 3 is 2.53 bits per heavy atom. The average Bonchev–Trinajstić information content (AvgIpc) is 3.28. The molecule has 2 amide bonds. The largest absolute Gasteiger partial charge is 0.443 e. The highest BCUT2D eigenvalue weighted by molar-refractivity contribution is 6.12. The summed E-state index contributed by atoms with van der Waals surface area (Å²) in [6.07, 6.45) is 2.74. The number of hydrogen-bond acceptors (Lipinski definition) is 7. The van der Waals surface area contributed by atoms with Crippen molar-refractivity contribution in [1.82, 2.24) is 19.5 Å². The van der Waals surface area contributed by atoms with E-state index in [1.807, 2.05) is 100.0 Å². The van der Waals surface area contributed by atoms with Crippen LogP contribution in [0.4, 0.5) is 16.3 Å². The number of anilines is 2. The van der Waals surface area contributed by atoms with Gasteiger partial charge in [-0.05, 0) is 87.2 Å². The first kappa shape index (κ1) is 29.6. The molecule has 0 unspecified atom stereocenters. The predicted molar refractivity (Wildman–Crippen MR) is 175 cm³/mol. The van der Waals surface area contributed by atoms with E-state index in [1.54, 1.807) is 4.90 Å². The lowest BCUT2D eigenvalue weighted by molar-refractivity contribution is -0.111. The summed E-state index contributed by atoms with van der Waals surface area (Å²) in [6.45, 7) is 11.3. The summed E-state index contributed by atoms with van der Waals surface area (Å²) >= 11 is 0. The molecule has 0 saturated heterocycles. The average molecular weight is 603 g/mol. The Kier molecular flexibility index (Phi) is 7.57. The van der Waals surface area contributed by atoms with Crippen molar-refractivity contribution >= 4 is 34.5 Å². The summed E-state index contributed by atoms with van der Waals surface area (Å²) < 4.78 is 14.0. The van der Waals surface area contributed by atoms with Crippen LogP contribution in [0, 0.1) is 6.92 Å². The quantitative estimate of drug-likeness (QED) is 0.211. The number of carbonyl (C=O) groups is 2. The zero-order valence-corrected chi connectivity index (χ0v) is 25.9. The second-order valence-electron chi connectivity index (χ2n) is 11.9. The van der Waals surface area contributed by atoms with E-state index in [-0.39, 0.29) is 5.91 Å². The van der Waals surface area contributed by atoms with Crippen LogP contribution in [0.15, 0.2) is 79.6 Å². The molecule has 0 bridgehead atoms. The number of benzene rings is 2. The number of carbonyl (C=O) groups excluding carboxylic acids is 2. The van der Waals surface area contributed by atoms with Crippen molar-refractivity contribution in [3.05, 3.63) is 90.9 Å². The number of aryl methyl sites for hydroxylation is 2. The molecule has 0 aliphatic carbocycles. The second-order valence-corrected chi connectivity index (χ2v) is 11.9. The van der Waals surface area contributed by atoms with Crippen LogP contribution in [-0.2, 0) is 23.0 Å². The Bertz CT molecular complexity index is 1960. The van der Waals surface area contributed by atoms with Gasteiger partial charge in [0.05, 0.1) is 11.1 Å². The van der Waals surface area contributed by atoms with E-state index in [1.165, 1.54) is 12.4 Å². The Morgan fingerprint density at radius 1 is 1.04 bits per heavy atom. The minimum atomic E-state index is -0.696. The number of pyridine rings is 1. The summed E-state index contributed by atoms with van der Waals surface area (Å²) in [5.41, 5.74) is 6.09. The topological polar surface area (TPSA) is 111 Å². The minimum Gasteiger partial charge on any atom is -0.443 e. The fourth-order valence-electron chi connectivity index (χ4n) is 5.56. The van der Waals surface area contributed by atoms with Crippen molar-refractivity contribution in [2.45, 2.75) is 39.7 Å². The summed E-state index contributed by atoms with van der Waals surface area (Å²) in [4.78, 5) is 40.9. The fraction of sp³-hybridized carbons (Fsp3) is 0.229. The molecule has 0 radical (unpaired) electrons. The Hall–Kier alpha value is -5.51. The zero-order chi connectivity index (χ0) is 31.9. The number of rotatable bonds is 5. The van der Waals surface area contributed by atoms with Crippen molar-refractivity contribution in [3.8, 4) is 34.0 Å². The third-order valence-electron chi connectivity index (χ3n) is 7.46. The maximum atomic E-state index is 13.7. The summed E-state index contributed by atoms with van der Waals surface area (Å²) in [5, 5.41) is 3.53. The maximum absolute atomic E-state index is 13.7. The van der Waals surface area contributed by atoms with Crippen molar-refractivity contribution in [3.63, 3.8) is 0 Å². The van der Waals surface area contributed by atoms with Crippen LogP contribution in [0.2, 0.25) is 0 Å². The van der Waals surface area contributed by atoms with E-state index in [2.05, 4.69) is 26.8 Å². The molecule has 10 heteroatoms. The fourth-order valence-corrected chi connectivity index (χ4v) is 5.56. The lowest BCUT2D eigenvalue weighted by atomic mass is 9.92. The van der Waals surface area contributed by atoms with Gasteiger partial charge in [-0.25, -0.2) is 19.7 Å². The molecule has 6 rings (SSSR count). The molecule has 45 heavy (non-hydrogen) atoms. The lowest BCUT2D eigenvalue weighted by Gasteiger charge is -2.29. The monoisotopic (exact) mass is 602 g/mol. The minimum absolute atomic E-state index is 0.287. The first-order valence-electron chi connectivity index (χ1n) is 14.6. The van der Waals surface area contributed by atoms with Gasteiger partial charge in [0.1, 0.15) is 23.3 Å². The molecule has 3 aromatic heterocycles. The van der Waals surface area contributed by atoms with E-state index < -0.39 is 11.7 Å². The molecule has 1 N–H and O–H groups in total. The van der Waals surface area contributed by atoms with Crippen molar-refractivity contribution in [2.75, 3.05) is 16.8 Å². The molecule has 0 fully saturated rings. The molecule has 4 heterocycles. The first-order chi connectivity index (χ1) is 21.5. The number of aromatic nitrogens is 4. The number of nitrogens with zero attached hydrogens (tertiary/aromatic N) is 5. The second kappa shape index (κ2) is 11.5. The smallest absolute Gasteiger partial charge is 0.416 e. The standard InChI is InChI=1S/C35H34N6O4/c1-7-27(42)39-24-13-11-22(12-14-24)31-29-26-16-15-25(44-28-10-8-9-21(2)38-28)19-23(26)17-18-41(34(43)45-35(3,4)5)33-30(29)32(40(31)6)36-20-37-33/h7-16,19-20H,1,17-18H2,2-6H3,(H,39,42). The van der Waals surface area contributed by atoms with E-state index in [9.17, 15) is 9.59 Å². The van der Waals surface area contributed by atoms with Crippen molar-refractivity contribution in [2.24, 2.45) is 7.05 Å². The number of ether oxygens (including phenoxy) is 2. The van der Waals surface area contributed by atoms with Gasteiger partial charge in [0, 0.05) is 36.6 Å². The van der Waals surface area contributed by atoms with E-state index in [0.29, 0.717) is 41.7 Å². The molecular weight excluding hydrogens is 568 g/mol. The molecule has 0 atom stereocenters. The van der Waals surface area contributed by atoms with Gasteiger partial charge in [0.15, 0.2) is 5.82 Å². The van der Waals surface area contributed by atoms with Gasteiger partial charge in [-0.1, -0.05) is 30.8 Å². The van der Waals surface area contributed by atoms with Crippen LogP contribution >= 0.6 is 0 Å². The molecular formula is C35H34N6O4. The molecule has 2 aromatic carbocycles. The van der Waals surface area contributed by atoms with Crippen LogP contribution < -0.4 is 15.0 Å². The number of nitrogens with one attached hydrogen (secondary N) is 1. The van der Waals surface area contributed by atoms with E-state index in [4.69, 9.17) is 9.47 Å². The molecule has 5 aromatic rings. The highest BCUT2D eigenvalue weighted by atomic mass is 16.6. The lowest BCUT2D eigenvalue weighted by Crippen LogP contribution is -2.39. The molecule has 10 nitrogen and oxygen atoms in total. The molecule has 0 saturated carbocycles. The Balaban J connectivity index is 1.56. The van der Waals surface area contributed by atoms with Crippen molar-refractivity contribution < 1.29 is 19.1 Å². The molecule has 1 aliphatic rings. The SMILES string of the molecule is C=CC(=O)Nc1ccc(-c2c3c4c(ncnc4n2C)N(C(=O)OC(C)(C)C)CCc2cc(Oc4cccc(C)n4)ccc2-3)cc1. The Morgan fingerprint density at radius 2 is 1.82 bits per heavy atom. The van der Waals surface area contributed by atoms with Crippen LogP contribution in [0.3, 0.4) is 0 Å². The van der Waals surface area contributed by atoms with Gasteiger partial charge >= 0.3 is 6.09 Å².